The molecule has 0 aliphatic carbocycles. The number of sulfone groups is 1. The van der Waals surface area contributed by atoms with Crippen LogP contribution in [0.4, 0.5) is 0 Å². The fraction of sp³-hybridized carbons (Fsp3) is 0.154. The Morgan fingerprint density at radius 1 is 1.06 bits per heavy atom. The van der Waals surface area contributed by atoms with Crippen LogP contribution in [0.25, 0.3) is 10.8 Å². The standard InChI is InChI=1S/C13H11O4S/c14-10-17-7-8-18(15,16)13-6-5-11-3-1-2-4-12(11)9-13/h1-6,9H,7-8H2. The zero-order chi connectivity index (χ0) is 13.0. The molecule has 2 aromatic carbocycles. The van der Waals surface area contributed by atoms with E-state index in [4.69, 9.17) is 0 Å². The molecule has 0 spiro atoms. The topological polar surface area (TPSA) is 60.4 Å². The van der Waals surface area contributed by atoms with Gasteiger partial charge in [0.2, 0.25) is 0 Å². The van der Waals surface area contributed by atoms with Gasteiger partial charge in [0.25, 0.3) is 0 Å². The molecule has 5 heteroatoms. The Labute approximate surface area is 105 Å². The Balaban J connectivity index is 2.32. The largest absolute Gasteiger partial charge is 0.456 e. The van der Waals surface area contributed by atoms with Gasteiger partial charge in [-0.2, -0.15) is 0 Å². The number of rotatable bonds is 5. The average molecular weight is 263 g/mol. The Morgan fingerprint density at radius 3 is 2.50 bits per heavy atom. The molecule has 0 amide bonds. The van der Waals surface area contributed by atoms with Gasteiger partial charge in [-0.3, -0.25) is 0 Å². The molecule has 0 saturated heterocycles. The van der Waals surface area contributed by atoms with Crippen molar-refractivity contribution in [2.24, 2.45) is 0 Å². The minimum absolute atomic E-state index is 0.182. The first-order valence-electron chi connectivity index (χ1n) is 5.34. The van der Waals surface area contributed by atoms with Gasteiger partial charge in [0, 0.05) is 0 Å². The van der Waals surface area contributed by atoms with Crippen molar-refractivity contribution in [3.8, 4) is 0 Å². The lowest BCUT2D eigenvalue weighted by Crippen LogP contribution is -2.12. The summed E-state index contributed by atoms with van der Waals surface area (Å²) in [4.78, 5) is 10.1. The highest BCUT2D eigenvalue weighted by Crippen LogP contribution is 2.19. The lowest BCUT2D eigenvalue weighted by Gasteiger charge is -2.05. The molecule has 2 aromatic rings. The van der Waals surface area contributed by atoms with Crippen LogP contribution in [0.15, 0.2) is 47.4 Å². The molecule has 1 radical (unpaired) electrons. The summed E-state index contributed by atoms with van der Waals surface area (Å²) in [5, 5.41) is 1.84. The maximum absolute atomic E-state index is 11.9. The van der Waals surface area contributed by atoms with Crippen molar-refractivity contribution in [3.63, 3.8) is 0 Å². The molecule has 4 nitrogen and oxygen atoms in total. The quantitative estimate of drug-likeness (QED) is 0.770. The van der Waals surface area contributed by atoms with E-state index in [1.807, 2.05) is 24.3 Å². The van der Waals surface area contributed by atoms with Crippen LogP contribution in [-0.4, -0.2) is 27.2 Å². The van der Waals surface area contributed by atoms with Crippen LogP contribution in [0, 0.1) is 0 Å². The van der Waals surface area contributed by atoms with Gasteiger partial charge in [0.15, 0.2) is 9.84 Å². The molecule has 0 N–H and O–H groups in total. The lowest BCUT2D eigenvalue weighted by atomic mass is 10.1. The first-order valence-corrected chi connectivity index (χ1v) is 6.99. The normalized spacial score (nSPS) is 11.3. The minimum atomic E-state index is -3.43. The Kier molecular flexibility index (Phi) is 3.62. The Morgan fingerprint density at radius 2 is 1.78 bits per heavy atom. The van der Waals surface area contributed by atoms with Crippen LogP contribution in [0.5, 0.6) is 0 Å². The second kappa shape index (κ2) is 5.18. The molecule has 0 aliphatic rings. The lowest BCUT2D eigenvalue weighted by molar-refractivity contribution is 0.297. The fourth-order valence-electron chi connectivity index (χ4n) is 1.67. The van der Waals surface area contributed by atoms with Crippen LogP contribution in [0.3, 0.4) is 0 Å². The zero-order valence-electron chi connectivity index (χ0n) is 9.50. The van der Waals surface area contributed by atoms with Crippen molar-refractivity contribution in [3.05, 3.63) is 42.5 Å². The SMILES string of the molecule is O=[C]OCCS(=O)(=O)c1ccc2ccccc2c1. The van der Waals surface area contributed by atoms with Crippen LogP contribution in [0.1, 0.15) is 0 Å². The van der Waals surface area contributed by atoms with Crippen LogP contribution >= 0.6 is 0 Å². The van der Waals surface area contributed by atoms with E-state index in [0.717, 1.165) is 10.8 Å². The van der Waals surface area contributed by atoms with E-state index in [1.54, 1.807) is 18.2 Å². The van der Waals surface area contributed by atoms with Gasteiger partial charge in [-0.15, -0.1) is 0 Å². The van der Waals surface area contributed by atoms with Gasteiger partial charge >= 0.3 is 6.47 Å². The molecule has 0 unspecified atom stereocenters. The van der Waals surface area contributed by atoms with Crippen molar-refractivity contribution < 1.29 is 17.9 Å². The number of hydrogen-bond donors (Lipinski definition) is 0. The number of hydrogen-bond acceptors (Lipinski definition) is 4. The predicted molar refractivity (Wildman–Crippen MR) is 67.6 cm³/mol. The molecule has 0 aromatic heterocycles. The van der Waals surface area contributed by atoms with Gasteiger partial charge in [0.05, 0.1) is 10.6 Å². The third-order valence-electron chi connectivity index (χ3n) is 2.59. The molecule has 0 bridgehead atoms. The highest BCUT2D eigenvalue weighted by atomic mass is 32.2. The maximum Gasteiger partial charge on any atom is 0.417 e. The van der Waals surface area contributed by atoms with Gasteiger partial charge in [-0.25, -0.2) is 13.2 Å². The summed E-state index contributed by atoms with van der Waals surface area (Å²) in [5.41, 5.74) is 0. The van der Waals surface area contributed by atoms with E-state index < -0.39 is 9.84 Å². The van der Waals surface area contributed by atoms with Crippen molar-refractivity contribution in [2.45, 2.75) is 4.90 Å². The molecule has 18 heavy (non-hydrogen) atoms. The summed E-state index contributed by atoms with van der Waals surface area (Å²) in [7, 11) is -3.43. The van der Waals surface area contributed by atoms with Gasteiger partial charge < -0.3 is 4.74 Å². The summed E-state index contributed by atoms with van der Waals surface area (Å²) in [6.45, 7) is 1.03. The molecular weight excluding hydrogens is 252 g/mol. The van der Waals surface area contributed by atoms with Crippen molar-refractivity contribution in [1.82, 2.24) is 0 Å². The minimum Gasteiger partial charge on any atom is -0.456 e. The van der Waals surface area contributed by atoms with Crippen molar-refractivity contribution >= 4 is 27.1 Å². The van der Waals surface area contributed by atoms with E-state index in [1.165, 1.54) is 6.47 Å². The Hall–Kier alpha value is -1.88. The summed E-state index contributed by atoms with van der Waals surface area (Å²) in [6.07, 6.45) is 0. The van der Waals surface area contributed by atoms with Gasteiger partial charge in [-0.1, -0.05) is 30.3 Å². The molecular formula is C13H11O4S. The molecule has 0 fully saturated rings. The molecule has 93 valence electrons. The van der Waals surface area contributed by atoms with E-state index in [-0.39, 0.29) is 17.3 Å². The molecule has 0 heterocycles. The van der Waals surface area contributed by atoms with Crippen molar-refractivity contribution in [1.29, 1.82) is 0 Å². The fourth-order valence-corrected chi connectivity index (χ4v) is 2.79. The third-order valence-corrected chi connectivity index (χ3v) is 4.27. The summed E-state index contributed by atoms with van der Waals surface area (Å²) in [5.74, 6) is -0.236. The van der Waals surface area contributed by atoms with Crippen LogP contribution < -0.4 is 0 Å². The van der Waals surface area contributed by atoms with Gasteiger partial charge in [-0.05, 0) is 22.9 Å². The van der Waals surface area contributed by atoms with Crippen molar-refractivity contribution in [2.75, 3.05) is 12.4 Å². The number of carbonyl (C=O) groups excluding carboxylic acids is 1. The van der Waals surface area contributed by atoms with E-state index in [9.17, 15) is 13.2 Å². The average Bonchev–Trinajstić information content (AvgIpc) is 2.38. The first kappa shape index (κ1) is 12.6. The van der Waals surface area contributed by atoms with E-state index in [2.05, 4.69) is 4.74 Å². The zero-order valence-corrected chi connectivity index (χ0v) is 10.3. The summed E-state index contributed by atoms with van der Waals surface area (Å²) < 4.78 is 28.2. The van der Waals surface area contributed by atoms with Gasteiger partial charge in [0.1, 0.15) is 6.61 Å². The van der Waals surface area contributed by atoms with Crippen LogP contribution in [0.2, 0.25) is 0 Å². The number of benzene rings is 2. The second-order valence-corrected chi connectivity index (χ2v) is 5.87. The molecule has 0 saturated carbocycles. The van der Waals surface area contributed by atoms with Crippen LogP contribution in [-0.2, 0) is 19.4 Å². The maximum atomic E-state index is 11.9. The Bertz CT molecular complexity index is 662. The molecule has 0 atom stereocenters. The number of fused-ring (bicyclic) bond motifs is 1. The summed E-state index contributed by atoms with van der Waals surface area (Å²) in [6, 6.07) is 12.4. The number of ether oxygens (including phenoxy) is 1. The highest BCUT2D eigenvalue weighted by molar-refractivity contribution is 7.91. The van der Waals surface area contributed by atoms with E-state index in [0.29, 0.717) is 0 Å². The van der Waals surface area contributed by atoms with E-state index >= 15 is 0 Å². The molecule has 2 rings (SSSR count). The smallest absolute Gasteiger partial charge is 0.417 e. The second-order valence-electron chi connectivity index (χ2n) is 3.76. The summed E-state index contributed by atoms with van der Waals surface area (Å²) >= 11 is 0. The molecule has 0 aliphatic heterocycles. The third kappa shape index (κ3) is 2.68. The predicted octanol–water partition coefficient (Wildman–Crippen LogP) is 1.70. The first-order chi connectivity index (χ1) is 8.63. The highest BCUT2D eigenvalue weighted by Gasteiger charge is 2.14. The monoisotopic (exact) mass is 263 g/mol.